The van der Waals surface area contributed by atoms with Crippen molar-refractivity contribution in [3.05, 3.63) is 28.3 Å². The summed E-state index contributed by atoms with van der Waals surface area (Å²) in [5, 5.41) is 4.24. The number of amides is 3. The van der Waals surface area contributed by atoms with Gasteiger partial charge in [0.25, 0.3) is 0 Å². The Morgan fingerprint density at radius 1 is 1.00 bits per heavy atom. The number of carbonyl (C=O) groups is 2. The van der Waals surface area contributed by atoms with Crippen molar-refractivity contribution >= 4 is 27.6 Å². The molecule has 0 bridgehead atoms. The standard InChI is InChI=1S/C18H22F3N3O4S/c19-18(20,21)10-22-15(25)7-8-29(27,28)24-17(26)23-16-13-5-1-3-11(13)9-12-4-2-6-14(12)16/h9H,1-8,10H2,(H,22,25)(H2,23,24,26). The summed E-state index contributed by atoms with van der Waals surface area (Å²) in [5.41, 5.74) is 5.08. The maximum absolute atomic E-state index is 12.3. The molecule has 29 heavy (non-hydrogen) atoms. The molecule has 3 rings (SSSR count). The van der Waals surface area contributed by atoms with E-state index >= 15 is 0 Å². The number of alkyl halides is 3. The van der Waals surface area contributed by atoms with Crippen LogP contribution in [0.15, 0.2) is 6.07 Å². The normalized spacial score (nSPS) is 15.6. The second kappa shape index (κ2) is 8.21. The van der Waals surface area contributed by atoms with Gasteiger partial charge >= 0.3 is 12.2 Å². The van der Waals surface area contributed by atoms with Gasteiger partial charge in [-0.05, 0) is 60.8 Å². The van der Waals surface area contributed by atoms with Gasteiger partial charge in [-0.3, -0.25) is 4.79 Å². The first-order chi connectivity index (χ1) is 13.5. The Kier molecular flexibility index (Phi) is 6.06. The van der Waals surface area contributed by atoms with Crippen molar-refractivity contribution in [2.75, 3.05) is 17.6 Å². The van der Waals surface area contributed by atoms with E-state index in [1.54, 1.807) is 5.32 Å². The summed E-state index contributed by atoms with van der Waals surface area (Å²) in [6.07, 6.45) is 0.140. The number of hydrogen-bond donors (Lipinski definition) is 3. The average molecular weight is 433 g/mol. The quantitative estimate of drug-likeness (QED) is 0.640. The van der Waals surface area contributed by atoms with Gasteiger partial charge in [-0.2, -0.15) is 13.2 Å². The number of hydrogen-bond acceptors (Lipinski definition) is 4. The molecule has 3 N–H and O–H groups in total. The van der Waals surface area contributed by atoms with Gasteiger partial charge in [-0.1, -0.05) is 6.07 Å². The van der Waals surface area contributed by atoms with E-state index in [-0.39, 0.29) is 0 Å². The van der Waals surface area contributed by atoms with Gasteiger partial charge in [0.2, 0.25) is 15.9 Å². The summed E-state index contributed by atoms with van der Waals surface area (Å²) in [4.78, 5) is 23.6. The molecule has 0 heterocycles. The lowest BCUT2D eigenvalue weighted by molar-refractivity contribution is -0.138. The molecule has 3 amide bonds. The number of halogens is 3. The van der Waals surface area contributed by atoms with Crippen LogP contribution in [0, 0.1) is 0 Å². The largest absolute Gasteiger partial charge is 0.405 e. The van der Waals surface area contributed by atoms with Gasteiger partial charge in [-0.25, -0.2) is 17.9 Å². The van der Waals surface area contributed by atoms with Crippen molar-refractivity contribution in [2.24, 2.45) is 0 Å². The van der Waals surface area contributed by atoms with Gasteiger partial charge in [0.05, 0.1) is 5.75 Å². The predicted octanol–water partition coefficient (Wildman–Crippen LogP) is 2.18. The predicted molar refractivity (Wildman–Crippen MR) is 100 cm³/mol. The van der Waals surface area contributed by atoms with Gasteiger partial charge in [-0.15, -0.1) is 0 Å². The van der Waals surface area contributed by atoms with E-state index in [1.165, 1.54) is 11.1 Å². The molecule has 0 fully saturated rings. The Balaban J connectivity index is 1.59. The van der Waals surface area contributed by atoms with E-state index in [0.717, 1.165) is 49.7 Å². The molecule has 160 valence electrons. The molecule has 0 saturated heterocycles. The number of anilines is 1. The number of rotatable bonds is 6. The van der Waals surface area contributed by atoms with Crippen LogP contribution in [-0.2, 0) is 40.5 Å². The Morgan fingerprint density at radius 3 is 2.14 bits per heavy atom. The molecule has 0 aromatic heterocycles. The Morgan fingerprint density at radius 2 is 1.59 bits per heavy atom. The van der Waals surface area contributed by atoms with Crippen molar-refractivity contribution in [2.45, 2.75) is 51.1 Å². The monoisotopic (exact) mass is 433 g/mol. The van der Waals surface area contributed by atoms with Crippen LogP contribution in [0.3, 0.4) is 0 Å². The molecular weight excluding hydrogens is 411 g/mol. The summed E-state index contributed by atoms with van der Waals surface area (Å²) in [6, 6.07) is 1.24. The number of aryl methyl sites for hydroxylation is 2. The zero-order chi connectivity index (χ0) is 21.2. The first-order valence-corrected chi connectivity index (χ1v) is 11.0. The summed E-state index contributed by atoms with van der Waals surface area (Å²) < 4.78 is 62.1. The number of carbonyl (C=O) groups excluding carboxylic acids is 2. The molecule has 11 heteroatoms. The van der Waals surface area contributed by atoms with Crippen LogP contribution in [0.2, 0.25) is 0 Å². The minimum atomic E-state index is -4.58. The third kappa shape index (κ3) is 5.62. The molecule has 1 aromatic carbocycles. The zero-order valence-electron chi connectivity index (χ0n) is 15.6. The summed E-state index contributed by atoms with van der Waals surface area (Å²) in [5.74, 6) is -1.86. The number of sulfonamides is 1. The molecule has 0 aliphatic heterocycles. The van der Waals surface area contributed by atoms with Crippen molar-refractivity contribution in [1.29, 1.82) is 0 Å². The molecule has 1 aromatic rings. The maximum Gasteiger partial charge on any atom is 0.405 e. The lowest BCUT2D eigenvalue weighted by atomic mass is 9.99. The van der Waals surface area contributed by atoms with E-state index in [9.17, 15) is 31.2 Å². The van der Waals surface area contributed by atoms with Crippen LogP contribution < -0.4 is 15.4 Å². The average Bonchev–Trinajstić information content (AvgIpc) is 3.26. The number of benzene rings is 1. The lowest BCUT2D eigenvalue weighted by Crippen LogP contribution is -2.39. The number of nitrogens with one attached hydrogen (secondary N) is 3. The van der Waals surface area contributed by atoms with Crippen LogP contribution >= 0.6 is 0 Å². The molecule has 0 radical (unpaired) electrons. The minimum absolute atomic E-state index is 0.670. The van der Waals surface area contributed by atoms with Gasteiger partial charge in [0, 0.05) is 12.1 Å². The highest BCUT2D eigenvalue weighted by molar-refractivity contribution is 7.90. The number of urea groups is 1. The highest BCUT2D eigenvalue weighted by Crippen LogP contribution is 2.38. The maximum atomic E-state index is 12.3. The first-order valence-electron chi connectivity index (χ1n) is 9.35. The second-order valence-electron chi connectivity index (χ2n) is 7.25. The third-order valence-corrected chi connectivity index (χ3v) is 6.28. The Bertz CT molecular complexity index is 897. The van der Waals surface area contributed by atoms with E-state index in [1.807, 2.05) is 4.72 Å². The zero-order valence-corrected chi connectivity index (χ0v) is 16.4. The highest BCUT2D eigenvalue weighted by Gasteiger charge is 2.28. The second-order valence-corrected chi connectivity index (χ2v) is 9.09. The molecule has 0 spiro atoms. The Labute approximate surface area is 166 Å². The fourth-order valence-corrected chi connectivity index (χ4v) is 4.70. The van der Waals surface area contributed by atoms with Crippen LogP contribution in [0.4, 0.5) is 23.7 Å². The van der Waals surface area contributed by atoms with E-state index in [0.29, 0.717) is 5.69 Å². The molecular formula is C18H22F3N3O4S. The number of fused-ring (bicyclic) bond motifs is 2. The lowest BCUT2D eigenvalue weighted by Gasteiger charge is -2.16. The summed E-state index contributed by atoms with van der Waals surface area (Å²) in [7, 11) is -4.18. The van der Waals surface area contributed by atoms with E-state index in [2.05, 4.69) is 11.4 Å². The first kappa shape index (κ1) is 21.4. The highest BCUT2D eigenvalue weighted by atomic mass is 32.2. The van der Waals surface area contributed by atoms with Crippen LogP contribution in [0.5, 0.6) is 0 Å². The van der Waals surface area contributed by atoms with Gasteiger partial charge < -0.3 is 10.6 Å². The summed E-state index contributed by atoms with van der Waals surface area (Å²) in [6.45, 7) is -1.54. The van der Waals surface area contributed by atoms with Crippen LogP contribution in [-0.4, -0.2) is 38.8 Å². The molecule has 0 atom stereocenters. The SMILES string of the molecule is O=C(CCS(=O)(=O)NC(=O)Nc1c2c(cc3c1CCC3)CCC2)NCC(F)(F)F. The van der Waals surface area contributed by atoms with Crippen molar-refractivity contribution in [3.63, 3.8) is 0 Å². The van der Waals surface area contributed by atoms with Crippen molar-refractivity contribution in [3.8, 4) is 0 Å². The topological polar surface area (TPSA) is 104 Å². The van der Waals surface area contributed by atoms with Crippen LogP contribution in [0.25, 0.3) is 0 Å². The van der Waals surface area contributed by atoms with Crippen LogP contribution in [0.1, 0.15) is 41.5 Å². The Hall–Kier alpha value is -2.30. The minimum Gasteiger partial charge on any atom is -0.347 e. The molecule has 7 nitrogen and oxygen atoms in total. The summed E-state index contributed by atoms with van der Waals surface area (Å²) >= 11 is 0. The van der Waals surface area contributed by atoms with Crippen molar-refractivity contribution in [1.82, 2.24) is 10.0 Å². The van der Waals surface area contributed by atoms with Gasteiger partial charge in [0.15, 0.2) is 0 Å². The van der Waals surface area contributed by atoms with E-state index < -0.39 is 46.9 Å². The fourth-order valence-electron chi connectivity index (χ4n) is 3.81. The third-order valence-electron chi connectivity index (χ3n) is 5.04. The van der Waals surface area contributed by atoms with Gasteiger partial charge in [0.1, 0.15) is 6.54 Å². The molecule has 2 aliphatic carbocycles. The van der Waals surface area contributed by atoms with Crippen molar-refractivity contribution < 1.29 is 31.2 Å². The van der Waals surface area contributed by atoms with E-state index in [4.69, 9.17) is 0 Å². The smallest absolute Gasteiger partial charge is 0.347 e. The molecule has 2 aliphatic rings. The fraction of sp³-hybridized carbons (Fsp3) is 0.556. The molecule has 0 saturated carbocycles. The molecule has 0 unspecified atom stereocenters.